The van der Waals surface area contributed by atoms with E-state index in [9.17, 15) is 0 Å². The van der Waals surface area contributed by atoms with Crippen LogP contribution in [0.3, 0.4) is 0 Å². The van der Waals surface area contributed by atoms with E-state index in [4.69, 9.17) is 0 Å². The lowest BCUT2D eigenvalue weighted by atomic mass is 9.80. The summed E-state index contributed by atoms with van der Waals surface area (Å²) in [5, 5.41) is 12.0. The number of rotatable bonds is 1. The van der Waals surface area contributed by atoms with Crippen LogP contribution in [-0.2, 0) is 5.41 Å². The standard InChI is InChI=1S/C12H17N5/c1-9-7-10-15-16-11(17(10)8-14-9)12(2)3-5-13-6-4-12/h7-8,13H,3-6H2,1-2H3. The van der Waals surface area contributed by atoms with E-state index in [2.05, 4.69) is 27.4 Å². The molecule has 0 atom stereocenters. The molecule has 1 N–H and O–H groups in total. The Labute approximate surface area is 100 Å². The van der Waals surface area contributed by atoms with Crippen molar-refractivity contribution in [3.05, 3.63) is 23.9 Å². The van der Waals surface area contributed by atoms with Crippen LogP contribution in [0.15, 0.2) is 12.4 Å². The summed E-state index contributed by atoms with van der Waals surface area (Å²) in [7, 11) is 0. The molecule has 2 aromatic heterocycles. The van der Waals surface area contributed by atoms with Gasteiger partial charge in [0, 0.05) is 17.2 Å². The third kappa shape index (κ3) is 1.70. The molecule has 0 spiro atoms. The first-order chi connectivity index (χ1) is 8.19. The average molecular weight is 231 g/mol. The van der Waals surface area contributed by atoms with Crippen molar-refractivity contribution < 1.29 is 0 Å². The summed E-state index contributed by atoms with van der Waals surface area (Å²) in [4.78, 5) is 4.33. The molecular formula is C12H17N5. The van der Waals surface area contributed by atoms with Gasteiger partial charge in [0.15, 0.2) is 5.65 Å². The molecule has 0 bridgehead atoms. The Morgan fingerprint density at radius 2 is 2.06 bits per heavy atom. The second kappa shape index (κ2) is 3.77. The minimum Gasteiger partial charge on any atom is -0.317 e. The Morgan fingerprint density at radius 1 is 1.29 bits per heavy atom. The predicted molar refractivity (Wildman–Crippen MR) is 65.0 cm³/mol. The van der Waals surface area contributed by atoms with E-state index < -0.39 is 0 Å². The molecule has 0 unspecified atom stereocenters. The van der Waals surface area contributed by atoms with Crippen LogP contribution in [0.5, 0.6) is 0 Å². The summed E-state index contributed by atoms with van der Waals surface area (Å²) in [5.74, 6) is 1.04. The molecule has 1 fully saturated rings. The molecule has 0 amide bonds. The van der Waals surface area contributed by atoms with E-state index >= 15 is 0 Å². The van der Waals surface area contributed by atoms with E-state index in [1.165, 1.54) is 0 Å². The number of hydrogen-bond donors (Lipinski definition) is 1. The van der Waals surface area contributed by atoms with Gasteiger partial charge in [-0.3, -0.25) is 4.40 Å². The number of nitrogens with zero attached hydrogens (tertiary/aromatic N) is 4. The van der Waals surface area contributed by atoms with Crippen molar-refractivity contribution in [1.29, 1.82) is 0 Å². The molecule has 90 valence electrons. The molecule has 0 radical (unpaired) electrons. The molecule has 2 aromatic rings. The van der Waals surface area contributed by atoms with Crippen molar-refractivity contribution in [3.63, 3.8) is 0 Å². The van der Waals surface area contributed by atoms with Gasteiger partial charge in [0.25, 0.3) is 0 Å². The van der Waals surface area contributed by atoms with Gasteiger partial charge < -0.3 is 5.32 Å². The van der Waals surface area contributed by atoms with E-state index in [0.717, 1.165) is 43.1 Å². The first-order valence-electron chi connectivity index (χ1n) is 6.08. The summed E-state index contributed by atoms with van der Waals surface area (Å²) in [6.45, 7) is 6.33. The highest BCUT2D eigenvalue weighted by Crippen LogP contribution is 2.31. The monoisotopic (exact) mass is 231 g/mol. The van der Waals surface area contributed by atoms with E-state index in [1.807, 2.05) is 23.7 Å². The third-order valence-corrected chi connectivity index (χ3v) is 3.68. The minimum absolute atomic E-state index is 0.113. The SMILES string of the molecule is Cc1cc2nnc(C3(C)CCNCC3)n2cn1. The molecule has 1 saturated heterocycles. The molecular weight excluding hydrogens is 214 g/mol. The quantitative estimate of drug-likeness (QED) is 0.797. The second-order valence-electron chi connectivity index (χ2n) is 5.09. The fraction of sp³-hybridized carbons (Fsp3) is 0.583. The fourth-order valence-corrected chi connectivity index (χ4v) is 2.50. The van der Waals surface area contributed by atoms with Gasteiger partial charge in [-0.2, -0.15) is 0 Å². The third-order valence-electron chi connectivity index (χ3n) is 3.68. The Balaban J connectivity index is 2.10. The number of nitrogens with one attached hydrogen (secondary N) is 1. The zero-order valence-corrected chi connectivity index (χ0v) is 10.3. The van der Waals surface area contributed by atoms with Crippen LogP contribution in [0.4, 0.5) is 0 Å². The second-order valence-corrected chi connectivity index (χ2v) is 5.09. The molecule has 17 heavy (non-hydrogen) atoms. The smallest absolute Gasteiger partial charge is 0.163 e. The maximum absolute atomic E-state index is 4.38. The van der Waals surface area contributed by atoms with Gasteiger partial charge in [0.05, 0.1) is 0 Å². The summed E-state index contributed by atoms with van der Waals surface area (Å²) < 4.78 is 2.03. The largest absolute Gasteiger partial charge is 0.317 e. The molecule has 5 nitrogen and oxygen atoms in total. The molecule has 0 saturated carbocycles. The Kier molecular flexibility index (Phi) is 2.36. The van der Waals surface area contributed by atoms with Crippen LogP contribution >= 0.6 is 0 Å². The van der Waals surface area contributed by atoms with Crippen molar-refractivity contribution in [3.8, 4) is 0 Å². The summed E-state index contributed by atoms with van der Waals surface area (Å²) in [6, 6.07) is 1.97. The predicted octanol–water partition coefficient (Wildman–Crippen LogP) is 1.07. The zero-order valence-electron chi connectivity index (χ0n) is 10.3. The van der Waals surface area contributed by atoms with Crippen molar-refractivity contribution >= 4 is 5.65 Å². The number of aromatic nitrogens is 4. The Hall–Kier alpha value is -1.49. The highest BCUT2D eigenvalue weighted by molar-refractivity contribution is 5.39. The normalized spacial score (nSPS) is 19.6. The van der Waals surface area contributed by atoms with E-state index in [-0.39, 0.29) is 5.41 Å². The van der Waals surface area contributed by atoms with Crippen LogP contribution < -0.4 is 5.32 Å². The van der Waals surface area contributed by atoms with Crippen LogP contribution in [0, 0.1) is 6.92 Å². The van der Waals surface area contributed by atoms with Crippen molar-refractivity contribution in [2.24, 2.45) is 0 Å². The molecule has 1 aliphatic heterocycles. The lowest BCUT2D eigenvalue weighted by Crippen LogP contribution is -2.39. The Morgan fingerprint density at radius 3 is 2.82 bits per heavy atom. The molecule has 0 aliphatic carbocycles. The molecule has 1 aliphatic rings. The summed E-state index contributed by atoms with van der Waals surface area (Å²) in [5.41, 5.74) is 1.99. The summed E-state index contributed by atoms with van der Waals surface area (Å²) in [6.07, 6.45) is 4.04. The number of piperidine rings is 1. The fourth-order valence-electron chi connectivity index (χ4n) is 2.50. The van der Waals surface area contributed by atoms with Crippen LogP contribution in [-0.4, -0.2) is 32.7 Å². The Bertz CT molecular complexity index is 539. The summed E-state index contributed by atoms with van der Waals surface area (Å²) >= 11 is 0. The van der Waals surface area contributed by atoms with E-state index in [1.54, 1.807) is 0 Å². The number of fused-ring (bicyclic) bond motifs is 1. The van der Waals surface area contributed by atoms with Crippen LogP contribution in [0.2, 0.25) is 0 Å². The van der Waals surface area contributed by atoms with Crippen molar-refractivity contribution in [2.75, 3.05) is 13.1 Å². The average Bonchev–Trinajstić information content (AvgIpc) is 2.73. The lowest BCUT2D eigenvalue weighted by Gasteiger charge is -2.32. The van der Waals surface area contributed by atoms with Crippen LogP contribution in [0.25, 0.3) is 5.65 Å². The number of hydrogen-bond acceptors (Lipinski definition) is 4. The maximum atomic E-state index is 4.38. The van der Waals surface area contributed by atoms with Gasteiger partial charge in [-0.15, -0.1) is 10.2 Å². The lowest BCUT2D eigenvalue weighted by molar-refractivity contribution is 0.316. The van der Waals surface area contributed by atoms with Gasteiger partial charge in [-0.05, 0) is 32.9 Å². The number of aryl methyl sites for hydroxylation is 1. The first-order valence-corrected chi connectivity index (χ1v) is 6.08. The van der Waals surface area contributed by atoms with Gasteiger partial charge in [-0.1, -0.05) is 6.92 Å². The zero-order chi connectivity index (χ0) is 11.9. The first kappa shape index (κ1) is 10.7. The maximum Gasteiger partial charge on any atom is 0.163 e. The van der Waals surface area contributed by atoms with Crippen molar-refractivity contribution in [2.45, 2.75) is 32.1 Å². The van der Waals surface area contributed by atoms with Crippen molar-refractivity contribution in [1.82, 2.24) is 24.9 Å². The van der Waals surface area contributed by atoms with E-state index in [0.29, 0.717) is 0 Å². The molecule has 0 aromatic carbocycles. The van der Waals surface area contributed by atoms with Gasteiger partial charge in [0.1, 0.15) is 12.2 Å². The topological polar surface area (TPSA) is 55.1 Å². The highest BCUT2D eigenvalue weighted by Gasteiger charge is 2.33. The highest BCUT2D eigenvalue weighted by atomic mass is 15.3. The molecule has 3 heterocycles. The van der Waals surface area contributed by atoms with Gasteiger partial charge in [0.2, 0.25) is 0 Å². The van der Waals surface area contributed by atoms with Gasteiger partial charge in [-0.25, -0.2) is 4.98 Å². The van der Waals surface area contributed by atoms with Gasteiger partial charge >= 0.3 is 0 Å². The molecule has 3 rings (SSSR count). The van der Waals surface area contributed by atoms with Crippen LogP contribution in [0.1, 0.15) is 31.3 Å². The molecule has 5 heteroatoms. The minimum atomic E-state index is 0.113.